The van der Waals surface area contributed by atoms with E-state index >= 15 is 0 Å². The number of nitrogens with two attached hydrogens (primary N) is 1. The molecule has 1 aromatic heterocycles. The summed E-state index contributed by atoms with van der Waals surface area (Å²) in [6, 6.07) is 7.87. The third kappa shape index (κ3) is 3.34. The molecular weight excluding hydrogens is 276 g/mol. The van der Waals surface area contributed by atoms with Crippen LogP contribution >= 0.6 is 0 Å². The van der Waals surface area contributed by atoms with Crippen LogP contribution in [0, 0.1) is 25.2 Å². The van der Waals surface area contributed by atoms with Crippen molar-refractivity contribution < 1.29 is 4.74 Å². The molecule has 2 N–H and O–H groups in total. The Morgan fingerprint density at radius 3 is 2.41 bits per heavy atom. The summed E-state index contributed by atoms with van der Waals surface area (Å²) in [6.45, 7) is 9.81. The van der Waals surface area contributed by atoms with Crippen LogP contribution in [0.25, 0.3) is 11.1 Å². The molecular formula is C17H20N4O. The van der Waals surface area contributed by atoms with Gasteiger partial charge in [0.25, 0.3) is 0 Å². The number of hydrogen-bond acceptors (Lipinski definition) is 5. The van der Waals surface area contributed by atoms with Gasteiger partial charge in [-0.3, -0.25) is 0 Å². The fourth-order valence-electron chi connectivity index (χ4n) is 2.33. The Balaban J connectivity index is 2.54. The van der Waals surface area contributed by atoms with E-state index in [4.69, 9.17) is 10.5 Å². The maximum absolute atomic E-state index is 9.31. The molecule has 0 saturated heterocycles. The van der Waals surface area contributed by atoms with Gasteiger partial charge in [-0.25, -0.2) is 9.97 Å². The fraction of sp³-hybridized carbons (Fsp3) is 0.353. The van der Waals surface area contributed by atoms with Gasteiger partial charge in [0.1, 0.15) is 17.4 Å². The molecule has 1 heterocycles. The van der Waals surface area contributed by atoms with E-state index in [9.17, 15) is 5.26 Å². The smallest absolute Gasteiger partial charge is 0.221 e. The maximum Gasteiger partial charge on any atom is 0.221 e. The highest BCUT2D eigenvalue weighted by Gasteiger charge is 2.17. The van der Waals surface area contributed by atoms with Gasteiger partial charge < -0.3 is 10.5 Å². The number of nitrogens with zero attached hydrogens (tertiary/aromatic N) is 3. The molecule has 5 heteroatoms. The number of ether oxygens (including phenoxy) is 1. The van der Waals surface area contributed by atoms with E-state index < -0.39 is 0 Å². The molecule has 0 aliphatic rings. The minimum atomic E-state index is -0.258. The number of nitrogen functional groups attached to an aromatic ring is 1. The molecule has 0 radical (unpaired) electrons. The number of benzene rings is 1. The Morgan fingerprint density at radius 1 is 1.18 bits per heavy atom. The number of nitriles is 1. The summed E-state index contributed by atoms with van der Waals surface area (Å²) in [5, 5.41) is 9.31. The molecule has 114 valence electrons. The quantitative estimate of drug-likeness (QED) is 0.918. The molecule has 1 aromatic carbocycles. The predicted octanol–water partition coefficient (Wildman–Crippen LogP) is 3.39. The van der Waals surface area contributed by atoms with Crippen LogP contribution in [0.2, 0.25) is 0 Å². The van der Waals surface area contributed by atoms with Crippen LogP contribution in [0.5, 0.6) is 5.75 Å². The number of aromatic nitrogens is 2. The number of hydrogen-bond donors (Lipinski definition) is 1. The largest absolute Gasteiger partial charge is 0.488 e. The van der Waals surface area contributed by atoms with E-state index in [2.05, 4.69) is 16.0 Å². The van der Waals surface area contributed by atoms with Gasteiger partial charge in [-0.05, 0) is 57.9 Å². The molecule has 0 spiro atoms. The van der Waals surface area contributed by atoms with Crippen molar-refractivity contribution in [3.8, 4) is 22.9 Å². The second kappa shape index (κ2) is 5.64. The molecule has 0 saturated carbocycles. The van der Waals surface area contributed by atoms with Crippen LogP contribution in [0.15, 0.2) is 18.2 Å². The first-order chi connectivity index (χ1) is 10.2. The van der Waals surface area contributed by atoms with Gasteiger partial charge in [0.05, 0.1) is 5.69 Å². The van der Waals surface area contributed by atoms with Crippen molar-refractivity contribution in [3.63, 3.8) is 0 Å². The topological polar surface area (TPSA) is 84.8 Å². The fourth-order valence-corrected chi connectivity index (χ4v) is 2.33. The SMILES string of the molecule is Cc1cc(OC(C)(C)C)ccc1-c1c(C)nc(N)nc1C#N. The van der Waals surface area contributed by atoms with Gasteiger partial charge in [0, 0.05) is 5.56 Å². The van der Waals surface area contributed by atoms with E-state index in [1.54, 1.807) is 0 Å². The van der Waals surface area contributed by atoms with E-state index in [1.807, 2.05) is 52.8 Å². The summed E-state index contributed by atoms with van der Waals surface area (Å²) in [7, 11) is 0. The average Bonchev–Trinajstić information content (AvgIpc) is 2.37. The van der Waals surface area contributed by atoms with Gasteiger partial charge in [-0.1, -0.05) is 6.07 Å². The molecule has 0 aliphatic heterocycles. The van der Waals surface area contributed by atoms with E-state index in [1.165, 1.54) is 0 Å². The summed E-state index contributed by atoms with van der Waals surface area (Å²) < 4.78 is 5.86. The highest BCUT2D eigenvalue weighted by Crippen LogP contribution is 2.31. The molecule has 5 nitrogen and oxygen atoms in total. The second-order valence-electron chi connectivity index (χ2n) is 6.19. The summed E-state index contributed by atoms with van der Waals surface area (Å²) in [4.78, 5) is 8.19. The lowest BCUT2D eigenvalue weighted by molar-refractivity contribution is 0.131. The van der Waals surface area contributed by atoms with Crippen molar-refractivity contribution in [2.45, 2.75) is 40.2 Å². The molecule has 0 bridgehead atoms. The van der Waals surface area contributed by atoms with Crippen LogP contribution in [0.3, 0.4) is 0 Å². The van der Waals surface area contributed by atoms with Crippen molar-refractivity contribution in [1.29, 1.82) is 5.26 Å². The Hall–Kier alpha value is -2.61. The lowest BCUT2D eigenvalue weighted by Crippen LogP contribution is -2.22. The van der Waals surface area contributed by atoms with Gasteiger partial charge in [-0.15, -0.1) is 0 Å². The normalized spacial score (nSPS) is 11.1. The Kier molecular flexibility index (Phi) is 4.05. The summed E-state index contributed by atoms with van der Waals surface area (Å²) >= 11 is 0. The highest BCUT2D eigenvalue weighted by molar-refractivity contribution is 5.74. The second-order valence-corrected chi connectivity index (χ2v) is 6.19. The van der Waals surface area contributed by atoms with Gasteiger partial charge in [-0.2, -0.15) is 5.26 Å². The van der Waals surface area contributed by atoms with Gasteiger partial charge >= 0.3 is 0 Å². The first kappa shape index (κ1) is 15.8. The zero-order valence-corrected chi connectivity index (χ0v) is 13.6. The molecule has 0 atom stereocenters. The number of aryl methyl sites for hydroxylation is 2. The monoisotopic (exact) mass is 296 g/mol. The maximum atomic E-state index is 9.31. The van der Waals surface area contributed by atoms with E-state index in [0.717, 1.165) is 22.4 Å². The Morgan fingerprint density at radius 2 is 1.86 bits per heavy atom. The van der Waals surface area contributed by atoms with Crippen molar-refractivity contribution in [1.82, 2.24) is 9.97 Å². The highest BCUT2D eigenvalue weighted by atomic mass is 16.5. The first-order valence-electron chi connectivity index (χ1n) is 7.05. The van der Waals surface area contributed by atoms with E-state index in [0.29, 0.717) is 5.69 Å². The third-order valence-electron chi connectivity index (χ3n) is 3.10. The van der Waals surface area contributed by atoms with Crippen LogP contribution in [-0.2, 0) is 0 Å². The van der Waals surface area contributed by atoms with Crippen molar-refractivity contribution in [2.24, 2.45) is 0 Å². The minimum Gasteiger partial charge on any atom is -0.488 e. The molecule has 0 amide bonds. The Bertz CT molecular complexity index is 754. The van der Waals surface area contributed by atoms with Crippen LogP contribution in [0.4, 0.5) is 5.95 Å². The zero-order valence-electron chi connectivity index (χ0n) is 13.6. The first-order valence-corrected chi connectivity index (χ1v) is 7.05. The number of anilines is 1. The van der Waals surface area contributed by atoms with Crippen molar-refractivity contribution in [3.05, 3.63) is 35.2 Å². The lowest BCUT2D eigenvalue weighted by Gasteiger charge is -2.22. The molecule has 2 aromatic rings. The van der Waals surface area contributed by atoms with Crippen LogP contribution in [0.1, 0.15) is 37.7 Å². The van der Waals surface area contributed by atoms with Gasteiger partial charge in [0.2, 0.25) is 5.95 Å². The van der Waals surface area contributed by atoms with Crippen molar-refractivity contribution in [2.75, 3.05) is 5.73 Å². The predicted molar refractivity (Wildman–Crippen MR) is 86.5 cm³/mol. The third-order valence-corrected chi connectivity index (χ3v) is 3.10. The number of rotatable bonds is 2. The van der Waals surface area contributed by atoms with Crippen molar-refractivity contribution >= 4 is 5.95 Å². The van der Waals surface area contributed by atoms with Crippen LogP contribution < -0.4 is 10.5 Å². The molecule has 0 unspecified atom stereocenters. The minimum absolute atomic E-state index is 0.114. The summed E-state index contributed by atoms with van der Waals surface area (Å²) in [5.74, 6) is 0.907. The molecule has 22 heavy (non-hydrogen) atoms. The molecule has 0 fully saturated rings. The molecule has 0 aliphatic carbocycles. The standard InChI is InChI=1S/C17H20N4O/c1-10-8-12(22-17(3,4)5)6-7-13(10)15-11(2)20-16(19)21-14(15)9-18/h6-8H,1-5H3,(H2,19,20,21). The zero-order chi connectivity index (χ0) is 16.5. The van der Waals surface area contributed by atoms with Crippen LogP contribution in [-0.4, -0.2) is 15.6 Å². The summed E-state index contributed by atoms with van der Waals surface area (Å²) in [6.07, 6.45) is 0. The van der Waals surface area contributed by atoms with E-state index in [-0.39, 0.29) is 17.2 Å². The molecule has 2 rings (SSSR count). The summed E-state index contributed by atoms with van der Waals surface area (Å²) in [5.41, 5.74) is 8.97. The lowest BCUT2D eigenvalue weighted by atomic mass is 9.97. The average molecular weight is 296 g/mol. The Labute approximate surface area is 130 Å². The van der Waals surface area contributed by atoms with Gasteiger partial charge in [0.15, 0.2) is 5.69 Å².